The van der Waals surface area contributed by atoms with Gasteiger partial charge in [0.1, 0.15) is 6.61 Å². The largest absolute Gasteiger partial charge is 0.384 e. The summed E-state index contributed by atoms with van der Waals surface area (Å²) in [5, 5.41) is 11.8. The molecule has 1 aliphatic heterocycles. The van der Waals surface area contributed by atoms with Gasteiger partial charge in [-0.05, 0) is 50.7 Å². The van der Waals surface area contributed by atoms with Crippen LogP contribution in [0.3, 0.4) is 0 Å². The Kier molecular flexibility index (Phi) is 4.78. The average molecular weight is 272 g/mol. The molecule has 0 radical (unpaired) electrons. The monoisotopic (exact) mass is 272 g/mol. The molecule has 4 heteroatoms. The number of hydrogen-bond donors (Lipinski definition) is 2. The van der Waals surface area contributed by atoms with Crippen LogP contribution < -0.4 is 5.32 Å². The maximum Gasteiger partial charge on any atom is 0.251 e. The molecule has 0 saturated carbocycles. The molecule has 0 bridgehead atoms. The van der Waals surface area contributed by atoms with Gasteiger partial charge in [0.2, 0.25) is 0 Å². The average Bonchev–Trinajstić information content (AvgIpc) is 2.81. The predicted molar refractivity (Wildman–Crippen MR) is 78.5 cm³/mol. The van der Waals surface area contributed by atoms with E-state index in [0.29, 0.717) is 5.56 Å². The Balaban J connectivity index is 2.11. The smallest absolute Gasteiger partial charge is 0.251 e. The normalized spacial score (nSPS) is 18.4. The van der Waals surface area contributed by atoms with Gasteiger partial charge in [-0.25, -0.2) is 0 Å². The number of amides is 1. The Labute approximate surface area is 119 Å². The number of carbonyl (C=O) groups excluding carboxylic acids is 1. The lowest BCUT2D eigenvalue weighted by Gasteiger charge is -2.13. The van der Waals surface area contributed by atoms with Crippen molar-refractivity contribution in [3.63, 3.8) is 0 Å². The molecule has 1 fully saturated rings. The third-order valence-corrected chi connectivity index (χ3v) is 3.38. The quantitative estimate of drug-likeness (QED) is 0.782. The molecule has 1 amide bonds. The van der Waals surface area contributed by atoms with Crippen LogP contribution in [0, 0.1) is 18.8 Å². The van der Waals surface area contributed by atoms with Gasteiger partial charge in [-0.2, -0.15) is 0 Å². The lowest BCUT2D eigenvalue weighted by atomic mass is 10.1. The van der Waals surface area contributed by atoms with Gasteiger partial charge < -0.3 is 15.3 Å². The number of rotatable bonds is 2. The first-order valence-electron chi connectivity index (χ1n) is 6.79. The second-order valence-electron chi connectivity index (χ2n) is 5.27. The zero-order valence-electron chi connectivity index (χ0n) is 11.9. The summed E-state index contributed by atoms with van der Waals surface area (Å²) < 4.78 is 0. The number of likely N-dealkylation sites (tertiary alicyclic amines) is 1. The van der Waals surface area contributed by atoms with Crippen LogP contribution in [0.15, 0.2) is 18.2 Å². The van der Waals surface area contributed by atoms with Crippen molar-refractivity contribution < 1.29 is 9.90 Å². The van der Waals surface area contributed by atoms with Crippen LogP contribution >= 0.6 is 0 Å². The Morgan fingerprint density at radius 2 is 2.30 bits per heavy atom. The van der Waals surface area contributed by atoms with Crippen molar-refractivity contribution in [1.82, 2.24) is 10.2 Å². The molecule has 20 heavy (non-hydrogen) atoms. The molecule has 1 aromatic carbocycles. The first-order chi connectivity index (χ1) is 9.58. The van der Waals surface area contributed by atoms with E-state index >= 15 is 0 Å². The second-order valence-corrected chi connectivity index (χ2v) is 5.27. The minimum absolute atomic E-state index is 0.0546. The summed E-state index contributed by atoms with van der Waals surface area (Å²) in [6, 6.07) is 5.75. The number of nitrogens with zero attached hydrogens (tertiary/aromatic N) is 1. The van der Waals surface area contributed by atoms with Crippen molar-refractivity contribution in [3.8, 4) is 11.8 Å². The maximum atomic E-state index is 12.3. The van der Waals surface area contributed by atoms with Crippen molar-refractivity contribution in [3.05, 3.63) is 34.9 Å². The zero-order chi connectivity index (χ0) is 14.5. The summed E-state index contributed by atoms with van der Waals surface area (Å²) in [5.41, 5.74) is 2.37. The summed E-state index contributed by atoms with van der Waals surface area (Å²) in [6.45, 7) is 3.68. The number of benzene rings is 1. The Bertz CT molecular complexity index is 557. The summed E-state index contributed by atoms with van der Waals surface area (Å²) in [7, 11) is 2.06. The van der Waals surface area contributed by atoms with Crippen molar-refractivity contribution >= 4 is 5.91 Å². The van der Waals surface area contributed by atoms with Crippen LogP contribution in [-0.4, -0.2) is 48.7 Å². The fourth-order valence-corrected chi connectivity index (χ4v) is 2.45. The molecule has 2 N–H and O–H groups in total. The highest BCUT2D eigenvalue weighted by atomic mass is 16.2. The zero-order valence-corrected chi connectivity index (χ0v) is 11.9. The lowest BCUT2D eigenvalue weighted by Crippen LogP contribution is -2.36. The maximum absolute atomic E-state index is 12.3. The van der Waals surface area contributed by atoms with Gasteiger partial charge in [-0.1, -0.05) is 11.8 Å². The van der Waals surface area contributed by atoms with E-state index in [0.717, 1.165) is 30.6 Å². The van der Waals surface area contributed by atoms with Crippen LogP contribution in [0.1, 0.15) is 27.9 Å². The standard InChI is InChI=1S/C16H20N2O2/c1-12-8-13(4-3-7-19)10-14(9-12)16(20)17-15-5-6-18(2)11-15/h8-10,15,19H,5-7,11H2,1-2H3,(H,17,20). The minimum Gasteiger partial charge on any atom is -0.384 e. The number of hydrogen-bond acceptors (Lipinski definition) is 3. The highest BCUT2D eigenvalue weighted by Gasteiger charge is 2.21. The molecule has 0 aromatic heterocycles. The van der Waals surface area contributed by atoms with Gasteiger partial charge in [0.15, 0.2) is 0 Å². The number of likely N-dealkylation sites (N-methyl/N-ethyl adjacent to an activating group) is 1. The highest BCUT2D eigenvalue weighted by Crippen LogP contribution is 2.11. The first-order valence-corrected chi connectivity index (χ1v) is 6.79. The molecule has 0 spiro atoms. The molecule has 1 unspecified atom stereocenters. The van der Waals surface area contributed by atoms with E-state index in [1.54, 1.807) is 6.07 Å². The van der Waals surface area contributed by atoms with Gasteiger partial charge >= 0.3 is 0 Å². The molecular weight excluding hydrogens is 252 g/mol. The number of aliphatic hydroxyl groups excluding tert-OH is 1. The Morgan fingerprint density at radius 3 is 2.95 bits per heavy atom. The van der Waals surface area contributed by atoms with Crippen LogP contribution in [0.25, 0.3) is 0 Å². The third kappa shape index (κ3) is 3.83. The van der Waals surface area contributed by atoms with E-state index in [1.165, 1.54) is 0 Å². The fraction of sp³-hybridized carbons (Fsp3) is 0.438. The Hall–Kier alpha value is -1.83. The van der Waals surface area contributed by atoms with Crippen LogP contribution in [0.5, 0.6) is 0 Å². The van der Waals surface area contributed by atoms with Crippen molar-refractivity contribution in [2.75, 3.05) is 26.7 Å². The van der Waals surface area contributed by atoms with Crippen LogP contribution in [0.4, 0.5) is 0 Å². The molecule has 1 aromatic rings. The summed E-state index contributed by atoms with van der Waals surface area (Å²) >= 11 is 0. The minimum atomic E-state index is -0.177. The van der Waals surface area contributed by atoms with E-state index in [4.69, 9.17) is 5.11 Å². The molecule has 106 valence electrons. The van der Waals surface area contributed by atoms with Crippen molar-refractivity contribution in [2.24, 2.45) is 0 Å². The number of nitrogens with one attached hydrogen (secondary N) is 1. The van der Waals surface area contributed by atoms with Gasteiger partial charge in [-0.3, -0.25) is 4.79 Å². The summed E-state index contributed by atoms with van der Waals surface area (Å²) in [4.78, 5) is 14.5. The van der Waals surface area contributed by atoms with E-state index in [-0.39, 0.29) is 18.6 Å². The van der Waals surface area contributed by atoms with E-state index in [2.05, 4.69) is 29.1 Å². The van der Waals surface area contributed by atoms with Gasteiger partial charge in [0.25, 0.3) is 5.91 Å². The summed E-state index contributed by atoms with van der Waals surface area (Å²) in [6.07, 6.45) is 0.991. The molecular formula is C16H20N2O2. The lowest BCUT2D eigenvalue weighted by molar-refractivity contribution is 0.0938. The predicted octanol–water partition coefficient (Wildman–Crippen LogP) is 0.773. The first kappa shape index (κ1) is 14.6. The molecule has 1 atom stereocenters. The molecule has 2 rings (SSSR count). The molecule has 0 aliphatic carbocycles. The molecule has 1 saturated heterocycles. The summed E-state index contributed by atoms with van der Waals surface area (Å²) in [5.74, 6) is 5.39. The van der Waals surface area contributed by atoms with Gasteiger partial charge in [0.05, 0.1) is 0 Å². The van der Waals surface area contributed by atoms with E-state index < -0.39 is 0 Å². The van der Waals surface area contributed by atoms with Gasteiger partial charge in [0, 0.05) is 23.7 Å². The second kappa shape index (κ2) is 6.56. The van der Waals surface area contributed by atoms with Crippen LogP contribution in [-0.2, 0) is 0 Å². The molecule has 4 nitrogen and oxygen atoms in total. The van der Waals surface area contributed by atoms with E-state index in [9.17, 15) is 4.79 Å². The number of aliphatic hydroxyl groups is 1. The molecule has 1 heterocycles. The van der Waals surface area contributed by atoms with Crippen LogP contribution in [0.2, 0.25) is 0 Å². The topological polar surface area (TPSA) is 52.6 Å². The fourth-order valence-electron chi connectivity index (χ4n) is 2.45. The number of carbonyl (C=O) groups is 1. The van der Waals surface area contributed by atoms with Gasteiger partial charge in [-0.15, -0.1) is 0 Å². The molecule has 1 aliphatic rings. The Morgan fingerprint density at radius 1 is 1.50 bits per heavy atom. The SMILES string of the molecule is Cc1cc(C#CCO)cc(C(=O)NC2CCN(C)C2)c1. The highest BCUT2D eigenvalue weighted by molar-refractivity contribution is 5.95. The van der Waals surface area contributed by atoms with Crippen molar-refractivity contribution in [1.29, 1.82) is 0 Å². The number of aryl methyl sites for hydroxylation is 1. The van der Waals surface area contributed by atoms with E-state index in [1.807, 2.05) is 19.1 Å². The third-order valence-electron chi connectivity index (χ3n) is 3.38. The van der Waals surface area contributed by atoms with Crippen molar-refractivity contribution in [2.45, 2.75) is 19.4 Å².